The molecule has 0 spiro atoms. The van der Waals surface area contributed by atoms with Gasteiger partial charge in [-0.1, -0.05) is 60.7 Å². The van der Waals surface area contributed by atoms with E-state index in [0.29, 0.717) is 39.3 Å². The summed E-state index contributed by atoms with van der Waals surface area (Å²) in [5.74, 6) is -0.0975. The summed E-state index contributed by atoms with van der Waals surface area (Å²) in [6.45, 7) is 3.45. The maximum absolute atomic E-state index is 12.3. The second kappa shape index (κ2) is 16.2. The average Bonchev–Trinajstić information content (AvgIpc) is 3.94. The summed E-state index contributed by atoms with van der Waals surface area (Å²) in [4.78, 5) is 35.8. The molecule has 11 nitrogen and oxygen atoms in total. The van der Waals surface area contributed by atoms with Crippen LogP contribution in [0.2, 0.25) is 0 Å². The molecule has 4 aromatic rings. The molecule has 48 heavy (non-hydrogen) atoms. The van der Waals surface area contributed by atoms with E-state index in [2.05, 4.69) is 27.6 Å². The van der Waals surface area contributed by atoms with Crippen LogP contribution in [0, 0.1) is 22.9 Å². The third-order valence-electron chi connectivity index (χ3n) is 7.96. The standard InChI is InChI=1S/C18H19N5O.C18H18N4OS/c1-22(18(24)9-14-7-8-23(11-14)13-19)12-16-10-17(21-20-16)15-5-3-2-4-6-15;1-21(17(23)9-14-7-8-22(10-14)13-19)11-16-12-24-18(20-16)15-5-3-2-4-6-15/h2-6,9-10H,7-8,11-12H2,1H3,(H,20,21);2-6,9,12H,7-8,10-11H2,1H3. The number of likely N-dealkylation sites (tertiary alicyclic amines) is 2. The van der Waals surface area contributed by atoms with Crippen LogP contribution in [0.15, 0.2) is 95.4 Å². The second-order valence-corrected chi connectivity index (χ2v) is 12.5. The van der Waals surface area contributed by atoms with E-state index in [-0.39, 0.29) is 11.8 Å². The Morgan fingerprint density at radius 2 is 1.40 bits per heavy atom. The molecule has 0 bridgehead atoms. The van der Waals surface area contributed by atoms with Crippen molar-refractivity contribution in [1.29, 1.82) is 10.5 Å². The van der Waals surface area contributed by atoms with Crippen molar-refractivity contribution >= 4 is 23.2 Å². The summed E-state index contributed by atoms with van der Waals surface area (Å²) in [7, 11) is 3.54. The van der Waals surface area contributed by atoms with Crippen molar-refractivity contribution in [3.8, 4) is 34.2 Å². The van der Waals surface area contributed by atoms with Crippen molar-refractivity contribution in [3.63, 3.8) is 0 Å². The number of carbonyl (C=O) groups excluding carboxylic acids is 2. The lowest BCUT2D eigenvalue weighted by atomic mass is 10.1. The van der Waals surface area contributed by atoms with Gasteiger partial charge in [0.2, 0.25) is 11.8 Å². The SMILES string of the molecule is CN(Cc1cc(-c2ccccc2)n[nH]1)C(=O)C=C1CCN(C#N)C1.CN(Cc1csc(-c2ccccc2)n1)C(=O)C=C1CCN(C#N)C1. The normalized spacial score (nSPS) is 15.5. The Hall–Kier alpha value is -5.72. The fraction of sp³-hybridized carbons (Fsp3) is 0.278. The van der Waals surface area contributed by atoms with E-state index in [1.54, 1.807) is 57.2 Å². The predicted molar refractivity (Wildman–Crippen MR) is 184 cm³/mol. The van der Waals surface area contributed by atoms with E-state index in [1.165, 1.54) is 0 Å². The van der Waals surface area contributed by atoms with Gasteiger partial charge in [-0.05, 0) is 30.1 Å². The molecule has 2 amide bonds. The van der Waals surface area contributed by atoms with Gasteiger partial charge in [-0.15, -0.1) is 11.3 Å². The first-order chi connectivity index (χ1) is 23.3. The van der Waals surface area contributed by atoms with Crippen LogP contribution in [-0.2, 0) is 22.7 Å². The number of nitriles is 2. The summed E-state index contributed by atoms with van der Waals surface area (Å²) < 4.78 is 0. The number of nitrogens with one attached hydrogen (secondary N) is 1. The first-order valence-corrected chi connectivity index (χ1v) is 16.5. The fourth-order valence-electron chi connectivity index (χ4n) is 5.29. The fourth-order valence-corrected chi connectivity index (χ4v) is 6.10. The molecule has 0 unspecified atom stereocenters. The molecule has 0 radical (unpaired) electrons. The van der Waals surface area contributed by atoms with Crippen LogP contribution in [0.1, 0.15) is 24.2 Å². The Morgan fingerprint density at radius 1 is 0.854 bits per heavy atom. The van der Waals surface area contributed by atoms with Gasteiger partial charge in [0.05, 0.1) is 30.2 Å². The number of aromatic amines is 1. The van der Waals surface area contributed by atoms with Gasteiger partial charge in [-0.2, -0.15) is 15.6 Å². The molecule has 1 N–H and O–H groups in total. The summed E-state index contributed by atoms with van der Waals surface area (Å²) in [5.41, 5.74) is 6.78. The first kappa shape index (κ1) is 33.6. The van der Waals surface area contributed by atoms with Gasteiger partial charge < -0.3 is 19.6 Å². The largest absolute Gasteiger partial charge is 0.336 e. The van der Waals surface area contributed by atoms with E-state index < -0.39 is 0 Å². The molecule has 12 heteroatoms. The van der Waals surface area contributed by atoms with E-state index in [9.17, 15) is 9.59 Å². The molecule has 2 saturated heterocycles. The molecule has 2 aliphatic heterocycles. The predicted octanol–water partition coefficient (Wildman–Crippen LogP) is 5.03. The van der Waals surface area contributed by atoms with Crippen molar-refractivity contribution in [3.05, 3.63) is 107 Å². The molecular formula is C36H37N9O2S. The lowest BCUT2D eigenvalue weighted by Crippen LogP contribution is -2.25. The maximum Gasteiger partial charge on any atom is 0.246 e. The number of hydrogen-bond donors (Lipinski definition) is 1. The molecular weight excluding hydrogens is 623 g/mol. The minimum absolute atomic E-state index is 0.0425. The van der Waals surface area contributed by atoms with Crippen LogP contribution in [0.4, 0.5) is 0 Å². The van der Waals surface area contributed by atoms with Gasteiger partial charge in [0.25, 0.3) is 0 Å². The third-order valence-corrected chi connectivity index (χ3v) is 8.90. The van der Waals surface area contributed by atoms with Gasteiger partial charge in [-0.25, -0.2) is 4.98 Å². The molecule has 244 valence electrons. The summed E-state index contributed by atoms with van der Waals surface area (Å²) in [5, 5.41) is 28.0. The van der Waals surface area contributed by atoms with E-state index in [4.69, 9.17) is 10.5 Å². The topological polar surface area (TPSA) is 136 Å². The highest BCUT2D eigenvalue weighted by Crippen LogP contribution is 2.24. The Kier molecular flexibility index (Phi) is 11.4. The first-order valence-electron chi connectivity index (χ1n) is 15.6. The minimum Gasteiger partial charge on any atom is -0.336 e. The van der Waals surface area contributed by atoms with Crippen LogP contribution < -0.4 is 0 Å². The molecule has 0 saturated carbocycles. The van der Waals surface area contributed by atoms with Crippen molar-refractivity contribution in [1.82, 2.24) is 34.8 Å². The van der Waals surface area contributed by atoms with Crippen molar-refractivity contribution in [2.24, 2.45) is 0 Å². The number of nitrogens with zero attached hydrogens (tertiary/aromatic N) is 8. The molecule has 0 aliphatic carbocycles. The number of likely N-dealkylation sites (N-methyl/N-ethyl adjacent to an activating group) is 2. The molecule has 6 rings (SSSR count). The highest BCUT2D eigenvalue weighted by atomic mass is 32.1. The zero-order valence-corrected chi connectivity index (χ0v) is 27.9. The number of H-pyrrole nitrogens is 1. The number of amides is 2. The quantitative estimate of drug-likeness (QED) is 0.206. The molecule has 2 aromatic carbocycles. The Morgan fingerprint density at radius 3 is 1.94 bits per heavy atom. The molecule has 4 heterocycles. The lowest BCUT2D eigenvalue weighted by Gasteiger charge is -2.14. The lowest BCUT2D eigenvalue weighted by molar-refractivity contribution is -0.126. The van der Waals surface area contributed by atoms with Crippen LogP contribution in [-0.4, -0.2) is 86.9 Å². The van der Waals surface area contributed by atoms with E-state index in [1.807, 2.05) is 72.1 Å². The zero-order chi connectivity index (χ0) is 33.9. The van der Waals surface area contributed by atoms with E-state index in [0.717, 1.165) is 57.2 Å². The number of hydrogen-bond acceptors (Lipinski definition) is 9. The van der Waals surface area contributed by atoms with Crippen molar-refractivity contribution in [2.75, 3.05) is 40.3 Å². The van der Waals surface area contributed by atoms with Crippen LogP contribution in [0.25, 0.3) is 21.8 Å². The van der Waals surface area contributed by atoms with Gasteiger partial charge in [0, 0.05) is 68.9 Å². The van der Waals surface area contributed by atoms with Crippen LogP contribution in [0.3, 0.4) is 0 Å². The Labute approximate surface area is 284 Å². The molecule has 0 atom stereocenters. The van der Waals surface area contributed by atoms with Crippen LogP contribution >= 0.6 is 11.3 Å². The van der Waals surface area contributed by atoms with Crippen molar-refractivity contribution in [2.45, 2.75) is 25.9 Å². The average molecular weight is 660 g/mol. The number of benzene rings is 2. The molecule has 2 aliphatic rings. The highest BCUT2D eigenvalue weighted by molar-refractivity contribution is 7.13. The summed E-state index contributed by atoms with van der Waals surface area (Å²) >= 11 is 1.59. The minimum atomic E-state index is -0.0550. The summed E-state index contributed by atoms with van der Waals surface area (Å²) in [6, 6.07) is 21.9. The Bertz CT molecular complexity index is 1710. The highest BCUT2D eigenvalue weighted by Gasteiger charge is 2.19. The molecule has 2 fully saturated rings. The van der Waals surface area contributed by atoms with Gasteiger partial charge in [0.1, 0.15) is 5.01 Å². The Balaban J connectivity index is 0.000000188. The second-order valence-electron chi connectivity index (χ2n) is 11.7. The summed E-state index contributed by atoms with van der Waals surface area (Å²) in [6.07, 6.45) is 9.07. The van der Waals surface area contributed by atoms with E-state index >= 15 is 0 Å². The van der Waals surface area contributed by atoms with Crippen LogP contribution in [0.5, 0.6) is 0 Å². The monoisotopic (exact) mass is 659 g/mol. The smallest absolute Gasteiger partial charge is 0.246 e. The zero-order valence-electron chi connectivity index (χ0n) is 27.0. The number of aromatic nitrogens is 3. The number of carbonyl (C=O) groups is 2. The van der Waals surface area contributed by atoms with Gasteiger partial charge >= 0.3 is 0 Å². The van der Waals surface area contributed by atoms with Crippen molar-refractivity contribution < 1.29 is 9.59 Å². The molecule has 2 aromatic heterocycles. The van der Waals surface area contributed by atoms with Gasteiger partial charge in [0.15, 0.2) is 12.4 Å². The van der Waals surface area contributed by atoms with Gasteiger partial charge in [-0.3, -0.25) is 14.7 Å². The number of thiazole rings is 1. The maximum atomic E-state index is 12.3. The third kappa shape index (κ3) is 9.18. The number of rotatable bonds is 8.